The maximum Gasteiger partial charge on any atom is 0.230 e. The number of amides is 1. The number of anilines is 1. The van der Waals surface area contributed by atoms with Crippen molar-refractivity contribution >= 4 is 11.6 Å². The molecule has 1 N–H and O–H groups in total. The second-order valence-corrected chi connectivity index (χ2v) is 9.54. The van der Waals surface area contributed by atoms with Crippen LogP contribution in [0.25, 0.3) is 0 Å². The molecule has 4 aliphatic rings. The summed E-state index contributed by atoms with van der Waals surface area (Å²) in [5, 5.41) is 7.72. The van der Waals surface area contributed by atoms with E-state index in [-0.39, 0.29) is 16.9 Å². The molecular weight excluding hydrogens is 336 g/mol. The largest absolute Gasteiger partial charge is 0.326 e. The number of rotatable bonds is 4. The number of hydrogen-bond donors (Lipinski definition) is 1. The van der Waals surface area contributed by atoms with Crippen molar-refractivity contribution < 1.29 is 4.79 Å². The molecule has 2 aromatic rings. The Labute approximate surface area is 160 Å². The zero-order chi connectivity index (χ0) is 18.6. The van der Waals surface area contributed by atoms with E-state index in [9.17, 15) is 4.79 Å². The lowest BCUT2D eigenvalue weighted by atomic mass is 9.46. The minimum absolute atomic E-state index is 0.0145. The Kier molecular flexibility index (Phi) is 3.72. The van der Waals surface area contributed by atoms with Crippen LogP contribution >= 0.6 is 0 Å². The number of aromatic nitrogens is 3. The molecule has 0 spiro atoms. The van der Waals surface area contributed by atoms with Gasteiger partial charge in [-0.2, -0.15) is 5.10 Å². The molecule has 5 nitrogen and oxygen atoms in total. The van der Waals surface area contributed by atoms with E-state index in [4.69, 9.17) is 0 Å². The van der Waals surface area contributed by atoms with E-state index in [2.05, 4.69) is 46.1 Å². The summed E-state index contributed by atoms with van der Waals surface area (Å²) in [5.74, 6) is 1.97. The fourth-order valence-corrected chi connectivity index (χ4v) is 6.42. The molecule has 0 radical (unpaired) electrons. The van der Waals surface area contributed by atoms with Gasteiger partial charge in [0.1, 0.15) is 12.7 Å². The van der Waals surface area contributed by atoms with Gasteiger partial charge in [0.15, 0.2) is 0 Å². The maximum atomic E-state index is 13.4. The lowest BCUT2D eigenvalue weighted by Gasteiger charge is -2.60. The van der Waals surface area contributed by atoms with Gasteiger partial charge in [0.25, 0.3) is 0 Å². The van der Waals surface area contributed by atoms with E-state index >= 15 is 0 Å². The third-order valence-electron chi connectivity index (χ3n) is 7.25. The first-order valence-corrected chi connectivity index (χ1v) is 10.2. The molecule has 0 saturated heterocycles. The molecule has 5 heteroatoms. The molecule has 4 fully saturated rings. The van der Waals surface area contributed by atoms with E-state index in [0.717, 1.165) is 37.8 Å². The van der Waals surface area contributed by atoms with Crippen LogP contribution in [0.2, 0.25) is 0 Å². The van der Waals surface area contributed by atoms with Crippen LogP contribution < -0.4 is 5.32 Å². The van der Waals surface area contributed by atoms with Gasteiger partial charge >= 0.3 is 0 Å². The van der Waals surface area contributed by atoms with Crippen molar-refractivity contribution in [1.29, 1.82) is 0 Å². The minimum Gasteiger partial charge on any atom is -0.326 e. The molecule has 6 rings (SSSR count). The molecular formula is C22H28N4O. The van der Waals surface area contributed by atoms with Crippen LogP contribution in [0.4, 0.5) is 5.69 Å². The van der Waals surface area contributed by atoms with Gasteiger partial charge in [-0.1, -0.05) is 26.0 Å². The van der Waals surface area contributed by atoms with Crippen molar-refractivity contribution in [3.63, 3.8) is 0 Å². The fraction of sp³-hybridized carbons (Fsp3) is 0.591. The average Bonchev–Trinajstić information content (AvgIpc) is 3.16. The highest BCUT2D eigenvalue weighted by Crippen LogP contribution is 2.64. The number of nitrogens with one attached hydrogen (secondary N) is 1. The van der Waals surface area contributed by atoms with Crippen LogP contribution in [0.15, 0.2) is 36.9 Å². The Hall–Kier alpha value is -2.17. The number of carbonyl (C=O) groups is 1. The van der Waals surface area contributed by atoms with Gasteiger partial charge in [0.05, 0.1) is 11.0 Å². The van der Waals surface area contributed by atoms with Gasteiger partial charge in [0, 0.05) is 5.69 Å². The minimum atomic E-state index is -0.257. The topological polar surface area (TPSA) is 59.8 Å². The predicted molar refractivity (Wildman–Crippen MR) is 104 cm³/mol. The molecule has 1 amide bonds. The first-order chi connectivity index (χ1) is 13.0. The SMILES string of the molecule is CC(C)c1ccc(NC(=O)C23CC4CC(C2)CC(n2cncn2)(C4)C3)cc1. The van der Waals surface area contributed by atoms with Gasteiger partial charge in [-0.25, -0.2) is 9.67 Å². The smallest absolute Gasteiger partial charge is 0.230 e. The molecule has 0 aliphatic heterocycles. The molecule has 4 bridgehead atoms. The van der Waals surface area contributed by atoms with Crippen LogP contribution in [-0.2, 0) is 10.3 Å². The van der Waals surface area contributed by atoms with Crippen LogP contribution in [0, 0.1) is 17.3 Å². The Bertz CT molecular complexity index is 826. The van der Waals surface area contributed by atoms with E-state index in [1.54, 1.807) is 6.33 Å². The van der Waals surface area contributed by atoms with Crippen molar-refractivity contribution in [3.05, 3.63) is 42.5 Å². The fourth-order valence-electron chi connectivity index (χ4n) is 6.42. The van der Waals surface area contributed by atoms with Crippen LogP contribution in [0.3, 0.4) is 0 Å². The summed E-state index contributed by atoms with van der Waals surface area (Å²) in [6.45, 7) is 4.37. The molecule has 27 heavy (non-hydrogen) atoms. The van der Waals surface area contributed by atoms with Crippen molar-refractivity contribution in [2.75, 3.05) is 5.32 Å². The van der Waals surface area contributed by atoms with Gasteiger partial charge in [0.2, 0.25) is 5.91 Å². The third kappa shape index (κ3) is 2.70. The van der Waals surface area contributed by atoms with Crippen LogP contribution in [-0.4, -0.2) is 20.7 Å². The number of hydrogen-bond acceptors (Lipinski definition) is 3. The number of nitrogens with zero attached hydrogens (tertiary/aromatic N) is 3. The van der Waals surface area contributed by atoms with Crippen molar-refractivity contribution in [2.45, 2.75) is 63.8 Å². The molecule has 142 valence electrons. The maximum absolute atomic E-state index is 13.4. The lowest BCUT2D eigenvalue weighted by Crippen LogP contribution is -2.60. The summed E-state index contributed by atoms with van der Waals surface area (Å²) in [7, 11) is 0. The number of carbonyl (C=O) groups excluding carboxylic acids is 1. The van der Waals surface area contributed by atoms with Gasteiger partial charge < -0.3 is 5.32 Å². The second-order valence-electron chi connectivity index (χ2n) is 9.54. The molecule has 2 unspecified atom stereocenters. The van der Waals surface area contributed by atoms with E-state index in [0.29, 0.717) is 17.8 Å². The Morgan fingerprint density at radius 1 is 1.15 bits per heavy atom. The Morgan fingerprint density at radius 2 is 1.85 bits per heavy atom. The molecule has 4 saturated carbocycles. The van der Waals surface area contributed by atoms with Crippen LogP contribution in [0.5, 0.6) is 0 Å². The molecule has 1 aromatic carbocycles. The second kappa shape index (κ2) is 5.91. The van der Waals surface area contributed by atoms with E-state index < -0.39 is 0 Å². The zero-order valence-corrected chi connectivity index (χ0v) is 16.2. The molecule has 4 aliphatic carbocycles. The quantitative estimate of drug-likeness (QED) is 0.878. The van der Waals surface area contributed by atoms with Crippen LogP contribution in [0.1, 0.15) is 63.9 Å². The highest BCUT2D eigenvalue weighted by molar-refractivity contribution is 5.95. The number of benzene rings is 1. The summed E-state index contributed by atoms with van der Waals surface area (Å²) in [6.07, 6.45) is 9.98. The van der Waals surface area contributed by atoms with E-state index in [1.165, 1.54) is 12.0 Å². The summed E-state index contributed by atoms with van der Waals surface area (Å²) < 4.78 is 2.06. The summed E-state index contributed by atoms with van der Waals surface area (Å²) in [4.78, 5) is 17.6. The van der Waals surface area contributed by atoms with Crippen molar-refractivity contribution in [3.8, 4) is 0 Å². The lowest BCUT2D eigenvalue weighted by molar-refractivity contribution is -0.150. The first-order valence-electron chi connectivity index (χ1n) is 10.2. The average molecular weight is 364 g/mol. The van der Waals surface area contributed by atoms with Crippen molar-refractivity contribution in [1.82, 2.24) is 14.8 Å². The molecule has 2 atom stereocenters. The van der Waals surface area contributed by atoms with Crippen molar-refractivity contribution in [2.24, 2.45) is 17.3 Å². The molecule has 1 aromatic heterocycles. The first kappa shape index (κ1) is 17.0. The predicted octanol–water partition coefficient (Wildman–Crippen LogP) is 4.34. The summed E-state index contributed by atoms with van der Waals surface area (Å²) in [6, 6.07) is 8.33. The highest BCUT2D eigenvalue weighted by atomic mass is 16.2. The van der Waals surface area contributed by atoms with Gasteiger partial charge in [-0.15, -0.1) is 0 Å². The highest BCUT2D eigenvalue weighted by Gasteiger charge is 2.61. The van der Waals surface area contributed by atoms with Gasteiger partial charge in [-0.3, -0.25) is 4.79 Å². The Morgan fingerprint density at radius 3 is 2.44 bits per heavy atom. The summed E-state index contributed by atoms with van der Waals surface area (Å²) in [5.41, 5.74) is 1.94. The normalized spacial score (nSPS) is 34.2. The van der Waals surface area contributed by atoms with Gasteiger partial charge in [-0.05, 0) is 74.0 Å². The standard InChI is InChI=1S/C22H28N4O/c1-15(2)18-3-5-19(6-4-18)25-20(27)21-8-16-7-17(9-21)11-22(10-16,12-21)26-14-23-13-24-26/h3-6,13-17H,7-12H2,1-2H3,(H,25,27). The molecule has 1 heterocycles. The third-order valence-corrected chi connectivity index (χ3v) is 7.25. The Balaban J connectivity index is 1.41. The summed E-state index contributed by atoms with van der Waals surface area (Å²) >= 11 is 0. The monoisotopic (exact) mass is 364 g/mol. The zero-order valence-electron chi connectivity index (χ0n) is 16.2. The van der Waals surface area contributed by atoms with E-state index in [1.807, 2.05) is 18.5 Å².